The van der Waals surface area contributed by atoms with Gasteiger partial charge in [0.15, 0.2) is 0 Å². The lowest BCUT2D eigenvalue weighted by atomic mass is 10.2. The van der Waals surface area contributed by atoms with Crippen molar-refractivity contribution in [2.75, 3.05) is 6.54 Å². The normalized spacial score (nSPS) is 22.5. The lowest BCUT2D eigenvalue weighted by Gasteiger charge is -2.20. The standard InChI is InChI=1S/C11H14N4O/c1-9(16)15-11(6-7-12)14-8-4-2-3-5-10(14)13-15/h6H,2-5,8H2,1H3. The molecule has 0 unspecified atom stereocenters. The predicted molar refractivity (Wildman–Crippen MR) is 58.8 cm³/mol. The maximum absolute atomic E-state index is 11.4. The van der Waals surface area contributed by atoms with E-state index in [1.54, 1.807) is 0 Å². The van der Waals surface area contributed by atoms with E-state index in [1.807, 2.05) is 11.0 Å². The number of hydrogen-bond donors (Lipinski definition) is 0. The number of rotatable bonds is 0. The molecule has 0 bridgehead atoms. The third-order valence-electron chi connectivity index (χ3n) is 2.79. The smallest absolute Gasteiger partial charge is 0.245 e. The van der Waals surface area contributed by atoms with Gasteiger partial charge in [-0.1, -0.05) is 6.42 Å². The summed E-state index contributed by atoms with van der Waals surface area (Å²) in [6.07, 6.45) is 5.62. The Morgan fingerprint density at radius 2 is 2.31 bits per heavy atom. The van der Waals surface area contributed by atoms with Gasteiger partial charge in [0, 0.05) is 19.9 Å². The first kappa shape index (κ1) is 10.7. The summed E-state index contributed by atoms with van der Waals surface area (Å²) in [5.74, 6) is 1.36. The van der Waals surface area contributed by atoms with Crippen LogP contribution in [-0.2, 0) is 4.79 Å². The molecule has 0 saturated carbocycles. The van der Waals surface area contributed by atoms with Crippen molar-refractivity contribution in [1.82, 2.24) is 9.91 Å². The van der Waals surface area contributed by atoms with E-state index in [0.717, 1.165) is 31.6 Å². The summed E-state index contributed by atoms with van der Waals surface area (Å²) in [4.78, 5) is 13.4. The highest BCUT2D eigenvalue weighted by atomic mass is 16.2. The van der Waals surface area contributed by atoms with Crippen LogP contribution in [0.25, 0.3) is 0 Å². The number of carbonyl (C=O) groups is 1. The molecule has 0 aliphatic carbocycles. The minimum atomic E-state index is -0.151. The van der Waals surface area contributed by atoms with Crippen LogP contribution >= 0.6 is 0 Å². The van der Waals surface area contributed by atoms with Gasteiger partial charge in [0.2, 0.25) is 5.91 Å². The van der Waals surface area contributed by atoms with Crippen molar-refractivity contribution in [2.24, 2.45) is 5.10 Å². The second-order valence-electron chi connectivity index (χ2n) is 3.94. The molecule has 1 fully saturated rings. The molecule has 0 radical (unpaired) electrons. The molecule has 0 aromatic rings. The molecule has 0 aromatic carbocycles. The molecule has 84 valence electrons. The van der Waals surface area contributed by atoms with E-state index in [2.05, 4.69) is 5.10 Å². The van der Waals surface area contributed by atoms with Crippen LogP contribution in [0.1, 0.15) is 32.6 Å². The Kier molecular flexibility index (Phi) is 2.91. The maximum Gasteiger partial charge on any atom is 0.245 e. The number of hydrazone groups is 1. The fraction of sp³-hybridized carbons (Fsp3) is 0.545. The molecule has 1 amide bonds. The Labute approximate surface area is 94.6 Å². The van der Waals surface area contributed by atoms with Gasteiger partial charge in [-0.2, -0.15) is 15.4 Å². The van der Waals surface area contributed by atoms with Crippen LogP contribution in [-0.4, -0.2) is 28.2 Å². The molecule has 5 nitrogen and oxygen atoms in total. The fourth-order valence-electron chi connectivity index (χ4n) is 2.05. The van der Waals surface area contributed by atoms with Gasteiger partial charge in [0.1, 0.15) is 11.7 Å². The Bertz CT molecular complexity index is 405. The average molecular weight is 218 g/mol. The van der Waals surface area contributed by atoms with Crippen molar-refractivity contribution in [3.63, 3.8) is 0 Å². The third-order valence-corrected chi connectivity index (χ3v) is 2.79. The van der Waals surface area contributed by atoms with Crippen molar-refractivity contribution in [2.45, 2.75) is 32.6 Å². The highest BCUT2D eigenvalue weighted by Crippen LogP contribution is 2.26. The van der Waals surface area contributed by atoms with E-state index in [-0.39, 0.29) is 5.91 Å². The van der Waals surface area contributed by atoms with Gasteiger partial charge in [0.05, 0.1) is 12.1 Å². The molecule has 2 heterocycles. The summed E-state index contributed by atoms with van der Waals surface area (Å²) in [7, 11) is 0. The quantitative estimate of drug-likeness (QED) is 0.577. The zero-order valence-electron chi connectivity index (χ0n) is 9.31. The predicted octanol–water partition coefficient (Wildman–Crippen LogP) is 1.40. The van der Waals surface area contributed by atoms with Crippen LogP contribution in [0.5, 0.6) is 0 Å². The second-order valence-corrected chi connectivity index (χ2v) is 3.94. The lowest BCUT2D eigenvalue weighted by molar-refractivity contribution is -0.127. The molecule has 5 heteroatoms. The van der Waals surface area contributed by atoms with E-state index in [1.165, 1.54) is 24.4 Å². The Morgan fingerprint density at radius 3 is 3.00 bits per heavy atom. The number of fused-ring (bicyclic) bond motifs is 1. The van der Waals surface area contributed by atoms with E-state index < -0.39 is 0 Å². The Morgan fingerprint density at radius 1 is 1.50 bits per heavy atom. The van der Waals surface area contributed by atoms with Crippen molar-refractivity contribution < 1.29 is 4.79 Å². The Balaban J connectivity index is 2.33. The van der Waals surface area contributed by atoms with E-state index in [9.17, 15) is 4.79 Å². The zero-order valence-corrected chi connectivity index (χ0v) is 9.31. The van der Waals surface area contributed by atoms with Crippen molar-refractivity contribution in [3.05, 3.63) is 11.9 Å². The number of nitrogens with zero attached hydrogens (tertiary/aromatic N) is 4. The summed E-state index contributed by atoms with van der Waals surface area (Å²) in [5, 5.41) is 14.3. The van der Waals surface area contributed by atoms with Crippen LogP contribution < -0.4 is 0 Å². The van der Waals surface area contributed by atoms with Gasteiger partial charge >= 0.3 is 0 Å². The molecular weight excluding hydrogens is 204 g/mol. The van der Waals surface area contributed by atoms with Gasteiger partial charge in [-0.25, -0.2) is 0 Å². The van der Waals surface area contributed by atoms with Crippen molar-refractivity contribution in [1.29, 1.82) is 5.26 Å². The van der Waals surface area contributed by atoms with Crippen molar-refractivity contribution >= 4 is 11.7 Å². The lowest BCUT2D eigenvalue weighted by Crippen LogP contribution is -2.30. The number of amidine groups is 1. The molecule has 0 N–H and O–H groups in total. The number of carbonyl (C=O) groups excluding carboxylic acids is 1. The summed E-state index contributed by atoms with van der Waals surface area (Å²) >= 11 is 0. The highest BCUT2D eigenvalue weighted by Gasteiger charge is 2.31. The first-order valence-corrected chi connectivity index (χ1v) is 5.49. The minimum absolute atomic E-state index is 0.151. The first-order chi connectivity index (χ1) is 7.74. The monoisotopic (exact) mass is 218 g/mol. The van der Waals surface area contributed by atoms with Crippen LogP contribution in [0, 0.1) is 11.3 Å². The Hall–Kier alpha value is -1.83. The van der Waals surface area contributed by atoms with Gasteiger partial charge in [-0.3, -0.25) is 4.79 Å². The van der Waals surface area contributed by atoms with Gasteiger partial charge in [-0.15, -0.1) is 0 Å². The van der Waals surface area contributed by atoms with Gasteiger partial charge < -0.3 is 4.90 Å². The number of amides is 1. The zero-order chi connectivity index (χ0) is 11.5. The molecule has 0 aromatic heterocycles. The summed E-state index contributed by atoms with van der Waals surface area (Å²) in [5.41, 5.74) is 0. The SMILES string of the molecule is CC(=O)N1N=C2CCCCCN2C1=CC#N. The molecular formula is C11H14N4O. The summed E-state index contributed by atoms with van der Waals surface area (Å²) < 4.78 is 0. The first-order valence-electron chi connectivity index (χ1n) is 5.49. The molecule has 2 aliphatic heterocycles. The van der Waals surface area contributed by atoms with E-state index in [0.29, 0.717) is 5.82 Å². The van der Waals surface area contributed by atoms with Crippen LogP contribution in [0.3, 0.4) is 0 Å². The molecule has 1 saturated heterocycles. The van der Waals surface area contributed by atoms with Crippen LogP contribution in [0.15, 0.2) is 17.0 Å². The minimum Gasteiger partial charge on any atom is -0.312 e. The summed E-state index contributed by atoms with van der Waals surface area (Å²) in [6.45, 7) is 2.30. The number of nitriles is 1. The molecule has 0 atom stereocenters. The van der Waals surface area contributed by atoms with Crippen molar-refractivity contribution in [3.8, 4) is 6.07 Å². The van der Waals surface area contributed by atoms with Gasteiger partial charge in [-0.05, 0) is 12.8 Å². The molecule has 0 spiro atoms. The molecule has 2 aliphatic rings. The average Bonchev–Trinajstić information content (AvgIpc) is 2.46. The van der Waals surface area contributed by atoms with E-state index >= 15 is 0 Å². The molecule has 2 rings (SSSR count). The number of hydrogen-bond acceptors (Lipinski definition) is 4. The fourth-order valence-corrected chi connectivity index (χ4v) is 2.05. The second kappa shape index (κ2) is 4.35. The third kappa shape index (κ3) is 1.78. The maximum atomic E-state index is 11.4. The largest absolute Gasteiger partial charge is 0.312 e. The number of allylic oxidation sites excluding steroid dienone is 1. The highest BCUT2D eigenvalue weighted by molar-refractivity contribution is 5.90. The summed E-state index contributed by atoms with van der Waals surface area (Å²) in [6, 6.07) is 1.98. The molecule has 16 heavy (non-hydrogen) atoms. The van der Waals surface area contributed by atoms with E-state index in [4.69, 9.17) is 5.26 Å². The van der Waals surface area contributed by atoms with Crippen LogP contribution in [0.2, 0.25) is 0 Å². The van der Waals surface area contributed by atoms with Gasteiger partial charge in [0.25, 0.3) is 0 Å². The van der Waals surface area contributed by atoms with Crippen LogP contribution in [0.4, 0.5) is 0 Å². The topological polar surface area (TPSA) is 59.7 Å².